The van der Waals surface area contributed by atoms with Crippen LogP contribution in [0.4, 0.5) is 0 Å². The highest BCUT2D eigenvalue weighted by atomic mass is 79.9. The molecule has 2 rings (SSSR count). The Morgan fingerprint density at radius 3 is 2.58 bits per heavy atom. The lowest BCUT2D eigenvalue weighted by Gasteiger charge is -2.20. The van der Waals surface area contributed by atoms with Gasteiger partial charge in [-0.25, -0.2) is 0 Å². The van der Waals surface area contributed by atoms with Gasteiger partial charge in [0.2, 0.25) is 0 Å². The van der Waals surface area contributed by atoms with Crippen LogP contribution in [0.2, 0.25) is 4.34 Å². The lowest BCUT2D eigenvalue weighted by atomic mass is 9.98. The third-order valence-corrected chi connectivity index (χ3v) is 5.30. The highest BCUT2D eigenvalue weighted by Crippen LogP contribution is 2.34. The van der Waals surface area contributed by atoms with E-state index >= 15 is 0 Å². The first-order valence-electron chi connectivity index (χ1n) is 6.28. The van der Waals surface area contributed by atoms with E-state index < -0.39 is 0 Å². The van der Waals surface area contributed by atoms with Crippen LogP contribution in [0.3, 0.4) is 0 Å². The molecule has 1 aromatic carbocycles. The molecule has 0 amide bonds. The first kappa shape index (κ1) is 15.0. The zero-order chi connectivity index (χ0) is 14.0. The Morgan fingerprint density at radius 2 is 2.00 bits per heavy atom. The fraction of sp³-hybridized carbons (Fsp3) is 0.333. The number of hydrogen-bond donors (Lipinski definition) is 1. The van der Waals surface area contributed by atoms with Crippen molar-refractivity contribution in [1.29, 1.82) is 0 Å². The average Bonchev–Trinajstić information content (AvgIpc) is 2.78. The number of thiophene rings is 1. The summed E-state index contributed by atoms with van der Waals surface area (Å²) in [5.74, 6) is 0. The van der Waals surface area contributed by atoms with Gasteiger partial charge in [-0.15, -0.1) is 11.3 Å². The van der Waals surface area contributed by atoms with Gasteiger partial charge >= 0.3 is 0 Å². The van der Waals surface area contributed by atoms with E-state index in [0.717, 1.165) is 15.4 Å². The van der Waals surface area contributed by atoms with Crippen LogP contribution >= 0.6 is 38.9 Å². The van der Waals surface area contributed by atoms with Crippen LogP contribution in [-0.4, -0.2) is 6.54 Å². The Hall–Kier alpha value is -0.350. The van der Waals surface area contributed by atoms with E-state index in [4.69, 9.17) is 11.6 Å². The SMILES string of the molecule is CCNC(c1ccc(Cl)s1)c1cc(C)c(Br)cc1C. The van der Waals surface area contributed by atoms with Gasteiger partial charge in [0.15, 0.2) is 0 Å². The summed E-state index contributed by atoms with van der Waals surface area (Å²) in [7, 11) is 0. The molecule has 0 aliphatic rings. The Balaban J connectivity index is 2.47. The quantitative estimate of drug-likeness (QED) is 0.763. The number of aryl methyl sites for hydroxylation is 2. The summed E-state index contributed by atoms with van der Waals surface area (Å²) in [6.45, 7) is 7.33. The van der Waals surface area contributed by atoms with Crippen molar-refractivity contribution >= 4 is 38.9 Å². The minimum Gasteiger partial charge on any atom is -0.306 e. The molecule has 1 aromatic heterocycles. The zero-order valence-corrected chi connectivity index (χ0v) is 14.4. The van der Waals surface area contributed by atoms with Crippen LogP contribution in [0, 0.1) is 13.8 Å². The monoisotopic (exact) mass is 357 g/mol. The Kier molecular flexibility index (Phi) is 5.07. The van der Waals surface area contributed by atoms with Crippen LogP contribution in [0.25, 0.3) is 0 Å². The van der Waals surface area contributed by atoms with Crippen molar-refractivity contribution < 1.29 is 0 Å². The summed E-state index contributed by atoms with van der Waals surface area (Å²) >= 11 is 11.3. The van der Waals surface area contributed by atoms with E-state index in [1.807, 2.05) is 6.07 Å². The lowest BCUT2D eigenvalue weighted by Crippen LogP contribution is -2.22. The number of rotatable bonds is 4. The molecule has 1 atom stereocenters. The summed E-state index contributed by atoms with van der Waals surface area (Å²) in [6.07, 6.45) is 0. The second kappa shape index (κ2) is 6.40. The molecule has 0 fully saturated rings. The van der Waals surface area contributed by atoms with Gasteiger partial charge in [0, 0.05) is 9.35 Å². The molecule has 19 heavy (non-hydrogen) atoms. The van der Waals surface area contributed by atoms with Crippen molar-refractivity contribution in [3.05, 3.63) is 54.6 Å². The van der Waals surface area contributed by atoms with Crippen molar-refractivity contribution in [2.45, 2.75) is 26.8 Å². The van der Waals surface area contributed by atoms with Crippen molar-refractivity contribution in [3.63, 3.8) is 0 Å². The summed E-state index contributed by atoms with van der Waals surface area (Å²) in [4.78, 5) is 1.26. The van der Waals surface area contributed by atoms with E-state index in [9.17, 15) is 0 Å². The van der Waals surface area contributed by atoms with Gasteiger partial charge in [-0.2, -0.15) is 0 Å². The summed E-state index contributed by atoms with van der Waals surface area (Å²) in [5, 5.41) is 3.55. The molecule has 1 nitrogen and oxygen atoms in total. The molecule has 0 saturated carbocycles. The summed E-state index contributed by atoms with van der Waals surface area (Å²) in [6, 6.07) is 8.73. The molecule has 0 spiro atoms. The molecule has 0 aliphatic heterocycles. The Labute approximate surface area is 132 Å². The molecular formula is C15H17BrClNS. The standard InChI is InChI=1S/C15H17BrClNS/c1-4-18-15(13-5-6-14(17)19-13)11-7-10(3)12(16)8-9(11)2/h5-8,15,18H,4H2,1-3H3. The van der Waals surface area contributed by atoms with Crippen LogP contribution in [0.5, 0.6) is 0 Å². The highest BCUT2D eigenvalue weighted by Gasteiger charge is 2.18. The fourth-order valence-corrected chi connectivity index (χ4v) is 3.78. The van der Waals surface area contributed by atoms with Gasteiger partial charge in [-0.05, 0) is 55.3 Å². The van der Waals surface area contributed by atoms with Crippen molar-refractivity contribution in [2.75, 3.05) is 6.54 Å². The van der Waals surface area contributed by atoms with E-state index in [0.29, 0.717) is 0 Å². The van der Waals surface area contributed by atoms with Gasteiger partial charge in [-0.3, -0.25) is 0 Å². The second-order valence-corrected chi connectivity index (χ2v) is 7.19. The maximum absolute atomic E-state index is 6.07. The van der Waals surface area contributed by atoms with Crippen LogP contribution < -0.4 is 5.32 Å². The van der Waals surface area contributed by atoms with Crippen molar-refractivity contribution in [1.82, 2.24) is 5.32 Å². The maximum atomic E-state index is 6.07. The minimum atomic E-state index is 0.217. The minimum absolute atomic E-state index is 0.217. The van der Waals surface area contributed by atoms with E-state index in [1.165, 1.54) is 21.6 Å². The van der Waals surface area contributed by atoms with Gasteiger partial charge in [0.25, 0.3) is 0 Å². The summed E-state index contributed by atoms with van der Waals surface area (Å²) in [5.41, 5.74) is 3.86. The molecule has 0 saturated heterocycles. The first-order valence-corrected chi connectivity index (χ1v) is 8.27. The second-order valence-electron chi connectivity index (χ2n) is 4.59. The summed E-state index contributed by atoms with van der Waals surface area (Å²) < 4.78 is 2.00. The van der Waals surface area contributed by atoms with Crippen LogP contribution in [-0.2, 0) is 0 Å². The molecule has 0 aliphatic carbocycles. The van der Waals surface area contributed by atoms with Crippen molar-refractivity contribution in [2.24, 2.45) is 0 Å². The predicted molar refractivity (Wildman–Crippen MR) is 88.5 cm³/mol. The van der Waals surface area contributed by atoms with Gasteiger partial charge in [-0.1, -0.05) is 40.5 Å². The molecule has 1 N–H and O–H groups in total. The third kappa shape index (κ3) is 3.40. The highest BCUT2D eigenvalue weighted by molar-refractivity contribution is 9.10. The molecular weight excluding hydrogens is 342 g/mol. The van der Waals surface area contributed by atoms with Gasteiger partial charge < -0.3 is 5.32 Å². The van der Waals surface area contributed by atoms with E-state index in [-0.39, 0.29) is 6.04 Å². The van der Waals surface area contributed by atoms with Crippen LogP contribution in [0.15, 0.2) is 28.7 Å². The van der Waals surface area contributed by atoms with Crippen LogP contribution in [0.1, 0.15) is 34.5 Å². The topological polar surface area (TPSA) is 12.0 Å². The van der Waals surface area contributed by atoms with Crippen molar-refractivity contribution in [3.8, 4) is 0 Å². The zero-order valence-electron chi connectivity index (χ0n) is 11.3. The van der Waals surface area contributed by atoms with E-state index in [2.05, 4.69) is 60.2 Å². The first-order chi connectivity index (χ1) is 9.02. The fourth-order valence-electron chi connectivity index (χ4n) is 2.17. The molecule has 4 heteroatoms. The predicted octanol–water partition coefficient (Wildman–Crippen LogP) is 5.48. The maximum Gasteiger partial charge on any atom is 0.0931 e. The molecule has 102 valence electrons. The number of nitrogens with one attached hydrogen (secondary N) is 1. The largest absolute Gasteiger partial charge is 0.306 e. The Bertz CT molecular complexity index is 580. The third-order valence-electron chi connectivity index (χ3n) is 3.15. The lowest BCUT2D eigenvalue weighted by molar-refractivity contribution is 0.636. The van der Waals surface area contributed by atoms with Gasteiger partial charge in [0.1, 0.15) is 0 Å². The normalized spacial score (nSPS) is 12.7. The number of benzene rings is 1. The number of halogens is 2. The van der Waals surface area contributed by atoms with Gasteiger partial charge in [0.05, 0.1) is 10.4 Å². The van der Waals surface area contributed by atoms with E-state index in [1.54, 1.807) is 11.3 Å². The molecule has 2 aromatic rings. The molecule has 0 bridgehead atoms. The molecule has 0 radical (unpaired) electrons. The number of hydrogen-bond acceptors (Lipinski definition) is 2. The smallest absolute Gasteiger partial charge is 0.0931 e. The molecule has 1 heterocycles. The molecule has 1 unspecified atom stereocenters. The average molecular weight is 359 g/mol. The Morgan fingerprint density at radius 1 is 1.26 bits per heavy atom.